The fraction of sp³-hybridized carbons (Fsp3) is 0.189. The Morgan fingerprint density at radius 1 is 0.868 bits per heavy atom. The predicted octanol–water partition coefficient (Wildman–Crippen LogP) is 9.91. The molecule has 4 aromatic rings. The summed E-state index contributed by atoms with van der Waals surface area (Å²) in [6.07, 6.45) is 8.98. The number of hydrogen-bond acceptors (Lipinski definition) is 1. The third kappa shape index (κ3) is 6.21. The molecule has 0 saturated carbocycles. The highest BCUT2D eigenvalue weighted by molar-refractivity contribution is 7.99. The molecule has 38 heavy (non-hydrogen) atoms. The molecule has 0 spiro atoms. The lowest BCUT2D eigenvalue weighted by Crippen LogP contribution is -2.18. The Balaban J connectivity index is 1.47. The molecule has 0 bridgehead atoms. The average molecular weight is 513 g/mol. The van der Waals surface area contributed by atoms with Gasteiger partial charge < -0.3 is 0 Å². The van der Waals surface area contributed by atoms with E-state index in [1.165, 1.54) is 54.3 Å². The van der Waals surface area contributed by atoms with Crippen molar-refractivity contribution in [2.24, 2.45) is 0 Å². The van der Waals surface area contributed by atoms with E-state index in [1.54, 1.807) is 11.8 Å². The molecule has 1 heteroatoms. The maximum absolute atomic E-state index is 5.55. The van der Waals surface area contributed by atoms with Crippen LogP contribution in [0.3, 0.4) is 0 Å². The van der Waals surface area contributed by atoms with E-state index in [-0.39, 0.29) is 5.41 Å². The third-order valence-corrected chi connectivity index (χ3v) is 8.28. The van der Waals surface area contributed by atoms with Crippen molar-refractivity contribution in [1.82, 2.24) is 0 Å². The summed E-state index contributed by atoms with van der Waals surface area (Å²) in [7, 11) is 0. The van der Waals surface area contributed by atoms with Crippen molar-refractivity contribution >= 4 is 23.4 Å². The van der Waals surface area contributed by atoms with Crippen LogP contribution in [0.15, 0.2) is 108 Å². The second-order valence-corrected chi connectivity index (χ2v) is 11.6. The number of rotatable bonds is 9. The van der Waals surface area contributed by atoms with E-state index < -0.39 is 0 Å². The molecule has 0 aliphatic carbocycles. The van der Waals surface area contributed by atoms with E-state index in [0.717, 1.165) is 12.0 Å². The first kappa shape index (κ1) is 27.3. The van der Waals surface area contributed by atoms with Gasteiger partial charge in [-0.2, -0.15) is 0 Å². The highest BCUT2D eigenvalue weighted by Gasteiger charge is 2.23. The molecule has 0 aromatic heterocycles. The molecular formula is C37H36S. The second kappa shape index (κ2) is 11.8. The molecule has 4 aromatic carbocycles. The summed E-state index contributed by atoms with van der Waals surface area (Å²) in [5.74, 6) is 2.76. The standard InChI is InChI=1S/C37H36S/c1-8-10-31-14-11-29(25-36(31)26(3)4)24-28-12-16-32(17-13-28)37(6,7)33-18-21-34(22-19-33)38-35-20-15-30(9-2)27(5)23-35/h1,9,11-23,25H,2-3,10,24H2,4-7H3. The Bertz CT molecular complexity index is 1490. The molecule has 0 atom stereocenters. The molecule has 0 unspecified atom stereocenters. The van der Waals surface area contributed by atoms with Crippen LogP contribution in [-0.2, 0) is 18.3 Å². The minimum absolute atomic E-state index is 0.0894. The Morgan fingerprint density at radius 2 is 1.47 bits per heavy atom. The van der Waals surface area contributed by atoms with E-state index in [2.05, 4.69) is 125 Å². The van der Waals surface area contributed by atoms with Gasteiger partial charge in [0.25, 0.3) is 0 Å². The van der Waals surface area contributed by atoms with Crippen LogP contribution in [0, 0.1) is 19.3 Å². The molecule has 0 aliphatic rings. The van der Waals surface area contributed by atoms with Crippen molar-refractivity contribution in [2.45, 2.75) is 55.7 Å². The molecular weight excluding hydrogens is 476 g/mol. The summed E-state index contributed by atoms with van der Waals surface area (Å²) in [6.45, 7) is 16.8. The third-order valence-electron chi connectivity index (χ3n) is 7.28. The highest BCUT2D eigenvalue weighted by atomic mass is 32.2. The van der Waals surface area contributed by atoms with Crippen LogP contribution < -0.4 is 0 Å². The van der Waals surface area contributed by atoms with Crippen LogP contribution in [-0.4, -0.2) is 0 Å². The Morgan fingerprint density at radius 3 is 2.05 bits per heavy atom. The van der Waals surface area contributed by atoms with Crippen LogP contribution in [0.4, 0.5) is 0 Å². The van der Waals surface area contributed by atoms with Crippen molar-refractivity contribution < 1.29 is 0 Å². The summed E-state index contributed by atoms with van der Waals surface area (Å²) >= 11 is 1.80. The number of allylic oxidation sites excluding steroid dienone is 1. The van der Waals surface area contributed by atoms with Gasteiger partial charge >= 0.3 is 0 Å². The number of terminal acetylenes is 1. The van der Waals surface area contributed by atoms with Gasteiger partial charge in [0.15, 0.2) is 0 Å². The van der Waals surface area contributed by atoms with Crippen LogP contribution in [0.5, 0.6) is 0 Å². The molecule has 0 aliphatic heterocycles. The molecule has 0 radical (unpaired) electrons. The lowest BCUT2D eigenvalue weighted by molar-refractivity contribution is 0.640. The number of benzene rings is 4. The summed E-state index contributed by atoms with van der Waals surface area (Å²) in [5, 5.41) is 0. The summed E-state index contributed by atoms with van der Waals surface area (Å²) in [4.78, 5) is 2.49. The Labute approximate surface area is 233 Å². The van der Waals surface area contributed by atoms with Crippen LogP contribution >= 0.6 is 11.8 Å². The van der Waals surface area contributed by atoms with Gasteiger partial charge in [0.2, 0.25) is 0 Å². The maximum Gasteiger partial charge on any atom is 0.0343 e. The smallest absolute Gasteiger partial charge is 0.0343 e. The summed E-state index contributed by atoms with van der Waals surface area (Å²) in [5.41, 5.74) is 10.9. The SMILES string of the molecule is C#CCc1ccc(Cc2ccc(C(C)(C)c3ccc(Sc4ccc(C=C)c(C)c4)cc3)cc2)cc1C(=C)C. The van der Waals surface area contributed by atoms with Gasteiger partial charge in [0.05, 0.1) is 0 Å². The zero-order valence-corrected chi connectivity index (χ0v) is 23.8. The lowest BCUT2D eigenvalue weighted by Gasteiger charge is -2.26. The highest BCUT2D eigenvalue weighted by Crippen LogP contribution is 2.35. The summed E-state index contributed by atoms with van der Waals surface area (Å²) in [6, 6.07) is 31.2. The molecule has 0 saturated heterocycles. The van der Waals surface area contributed by atoms with Gasteiger partial charge in [0, 0.05) is 21.6 Å². The van der Waals surface area contributed by atoms with Crippen molar-refractivity contribution in [2.75, 3.05) is 0 Å². The minimum atomic E-state index is -0.0894. The van der Waals surface area contributed by atoms with Gasteiger partial charge in [-0.3, -0.25) is 0 Å². The second-order valence-electron chi connectivity index (χ2n) is 10.5. The largest absolute Gasteiger partial charge is 0.120 e. The summed E-state index contributed by atoms with van der Waals surface area (Å²) < 4.78 is 0. The first-order chi connectivity index (χ1) is 18.2. The first-order valence-corrected chi connectivity index (χ1v) is 13.8. The van der Waals surface area contributed by atoms with Crippen LogP contribution in [0.2, 0.25) is 0 Å². The predicted molar refractivity (Wildman–Crippen MR) is 167 cm³/mol. The molecule has 0 heterocycles. The zero-order valence-electron chi connectivity index (χ0n) is 23.0. The van der Waals surface area contributed by atoms with E-state index in [4.69, 9.17) is 6.42 Å². The fourth-order valence-electron chi connectivity index (χ4n) is 4.85. The topological polar surface area (TPSA) is 0 Å². The van der Waals surface area contributed by atoms with Crippen molar-refractivity contribution in [3.8, 4) is 12.3 Å². The van der Waals surface area contributed by atoms with Crippen molar-refractivity contribution in [3.05, 3.63) is 143 Å². The first-order valence-electron chi connectivity index (χ1n) is 13.0. The Kier molecular flexibility index (Phi) is 8.45. The number of aryl methyl sites for hydroxylation is 1. The molecule has 0 nitrogen and oxygen atoms in total. The van der Waals surface area contributed by atoms with Gasteiger partial charge in [-0.1, -0.05) is 111 Å². The van der Waals surface area contributed by atoms with E-state index in [0.29, 0.717) is 6.42 Å². The van der Waals surface area contributed by atoms with Gasteiger partial charge in [-0.15, -0.1) is 12.3 Å². The molecule has 190 valence electrons. The molecule has 0 amide bonds. The van der Waals surface area contributed by atoms with Gasteiger partial charge in [0.1, 0.15) is 0 Å². The fourth-order valence-corrected chi connectivity index (χ4v) is 5.77. The van der Waals surface area contributed by atoms with Crippen LogP contribution in [0.25, 0.3) is 11.6 Å². The quantitative estimate of drug-likeness (QED) is 0.201. The average Bonchev–Trinajstić information content (AvgIpc) is 2.90. The minimum Gasteiger partial charge on any atom is -0.120 e. The van der Waals surface area contributed by atoms with Crippen molar-refractivity contribution in [1.29, 1.82) is 0 Å². The monoisotopic (exact) mass is 512 g/mol. The maximum atomic E-state index is 5.55. The Hall–Kier alpha value is -3.73. The van der Waals surface area contributed by atoms with Gasteiger partial charge in [-0.05, 0) is 89.0 Å². The van der Waals surface area contributed by atoms with E-state index >= 15 is 0 Å². The van der Waals surface area contributed by atoms with Gasteiger partial charge in [-0.25, -0.2) is 0 Å². The van der Waals surface area contributed by atoms with Crippen molar-refractivity contribution in [3.63, 3.8) is 0 Å². The zero-order chi connectivity index (χ0) is 27.3. The molecule has 4 rings (SSSR count). The molecule has 0 N–H and O–H groups in total. The van der Waals surface area contributed by atoms with Crippen LogP contribution in [0.1, 0.15) is 65.3 Å². The van der Waals surface area contributed by atoms with E-state index in [9.17, 15) is 0 Å². The molecule has 0 fully saturated rings. The lowest BCUT2D eigenvalue weighted by atomic mass is 9.78. The normalized spacial score (nSPS) is 11.1. The van der Waals surface area contributed by atoms with E-state index in [1.807, 2.05) is 13.0 Å². The number of hydrogen-bond donors (Lipinski definition) is 0.